The summed E-state index contributed by atoms with van der Waals surface area (Å²) in [6, 6.07) is 4.62. The molecule has 0 fully saturated rings. The molecule has 1 aromatic heterocycles. The molecular weight excluding hydrogens is 333 g/mol. The van der Waals surface area contributed by atoms with Crippen LogP contribution in [0.25, 0.3) is 0 Å². The first kappa shape index (κ1) is 15.9. The highest BCUT2D eigenvalue weighted by Crippen LogP contribution is 2.32. The summed E-state index contributed by atoms with van der Waals surface area (Å²) >= 11 is 17.8. The predicted molar refractivity (Wildman–Crippen MR) is 87.8 cm³/mol. The van der Waals surface area contributed by atoms with Gasteiger partial charge in [-0.1, -0.05) is 34.8 Å². The Hall–Kier alpha value is -1.49. The van der Waals surface area contributed by atoms with Crippen molar-refractivity contribution in [2.75, 3.05) is 17.2 Å². The molecule has 0 unspecified atom stereocenters. The third-order valence-electron chi connectivity index (χ3n) is 2.69. The van der Waals surface area contributed by atoms with Crippen molar-refractivity contribution >= 4 is 52.1 Å². The first-order valence-corrected chi connectivity index (χ1v) is 7.30. The maximum Gasteiger partial charge on any atom is 0.257 e. The number of nitrogens with one attached hydrogen (secondary N) is 2. The summed E-state index contributed by atoms with van der Waals surface area (Å²) < 4.78 is 0. The lowest BCUT2D eigenvalue weighted by Gasteiger charge is -2.12. The van der Waals surface area contributed by atoms with Crippen LogP contribution in [0.3, 0.4) is 0 Å². The molecule has 4 nitrogen and oxygen atoms in total. The summed E-state index contributed by atoms with van der Waals surface area (Å²) in [5, 5.41) is 6.75. The number of hydrogen-bond acceptors (Lipinski definition) is 3. The molecule has 0 bridgehead atoms. The number of rotatable bonds is 4. The van der Waals surface area contributed by atoms with Gasteiger partial charge in [-0.3, -0.25) is 9.78 Å². The van der Waals surface area contributed by atoms with Crippen molar-refractivity contribution in [3.63, 3.8) is 0 Å². The summed E-state index contributed by atoms with van der Waals surface area (Å²) in [5.74, 6) is -0.311. The molecule has 2 rings (SSSR count). The van der Waals surface area contributed by atoms with Crippen LogP contribution in [0.5, 0.6) is 0 Å². The Morgan fingerprint density at radius 3 is 2.57 bits per heavy atom. The molecule has 0 radical (unpaired) electrons. The number of carbonyl (C=O) groups excluding carboxylic acids is 1. The highest BCUT2D eigenvalue weighted by atomic mass is 35.5. The molecule has 0 saturated carbocycles. The lowest BCUT2D eigenvalue weighted by atomic mass is 10.2. The Morgan fingerprint density at radius 2 is 1.86 bits per heavy atom. The molecule has 0 saturated heterocycles. The number of amides is 1. The molecule has 0 atom stereocenters. The van der Waals surface area contributed by atoms with E-state index in [-0.39, 0.29) is 5.91 Å². The monoisotopic (exact) mass is 343 g/mol. The topological polar surface area (TPSA) is 54.0 Å². The molecule has 1 heterocycles. The van der Waals surface area contributed by atoms with Crippen LogP contribution in [0.15, 0.2) is 30.6 Å². The molecule has 1 aromatic carbocycles. The van der Waals surface area contributed by atoms with Gasteiger partial charge in [-0.25, -0.2) is 0 Å². The molecule has 2 N–H and O–H groups in total. The lowest BCUT2D eigenvalue weighted by Crippen LogP contribution is -2.15. The van der Waals surface area contributed by atoms with Crippen molar-refractivity contribution in [1.82, 2.24) is 4.98 Å². The number of pyridine rings is 1. The number of hydrogen-bond donors (Lipinski definition) is 2. The van der Waals surface area contributed by atoms with E-state index in [0.717, 1.165) is 0 Å². The van der Waals surface area contributed by atoms with E-state index in [2.05, 4.69) is 15.6 Å². The fourth-order valence-corrected chi connectivity index (χ4v) is 2.33. The summed E-state index contributed by atoms with van der Waals surface area (Å²) in [5.41, 5.74) is 1.51. The molecule has 1 amide bonds. The zero-order valence-corrected chi connectivity index (χ0v) is 13.4. The van der Waals surface area contributed by atoms with Crippen LogP contribution >= 0.6 is 34.8 Å². The van der Waals surface area contributed by atoms with Gasteiger partial charge in [0, 0.05) is 12.7 Å². The Kier molecular flexibility index (Phi) is 5.28. The molecule has 2 aromatic rings. The molecule has 0 aliphatic rings. The quantitative estimate of drug-likeness (QED) is 0.789. The van der Waals surface area contributed by atoms with E-state index >= 15 is 0 Å². The normalized spacial score (nSPS) is 10.3. The van der Waals surface area contributed by atoms with Gasteiger partial charge < -0.3 is 10.6 Å². The lowest BCUT2D eigenvalue weighted by molar-refractivity contribution is 0.102. The highest BCUT2D eigenvalue weighted by Gasteiger charge is 2.14. The Morgan fingerprint density at radius 1 is 1.14 bits per heavy atom. The number of anilines is 2. The van der Waals surface area contributed by atoms with Crippen molar-refractivity contribution < 1.29 is 4.79 Å². The maximum absolute atomic E-state index is 12.3. The maximum atomic E-state index is 12.3. The van der Waals surface area contributed by atoms with Gasteiger partial charge in [-0.2, -0.15) is 0 Å². The van der Waals surface area contributed by atoms with E-state index < -0.39 is 0 Å². The second kappa shape index (κ2) is 6.98. The van der Waals surface area contributed by atoms with Crippen LogP contribution in [0.4, 0.5) is 11.4 Å². The third kappa shape index (κ3) is 3.79. The zero-order valence-electron chi connectivity index (χ0n) is 11.1. The largest absolute Gasteiger partial charge is 0.383 e. The van der Waals surface area contributed by atoms with Gasteiger partial charge in [-0.15, -0.1) is 0 Å². The number of benzene rings is 1. The summed E-state index contributed by atoms with van der Waals surface area (Å²) in [4.78, 5) is 16.3. The Balaban J connectivity index is 2.28. The smallest absolute Gasteiger partial charge is 0.257 e. The molecule has 7 heteroatoms. The Bertz CT molecular complexity index is 677. The third-order valence-corrected chi connectivity index (χ3v) is 3.73. The van der Waals surface area contributed by atoms with E-state index in [1.54, 1.807) is 18.5 Å². The number of aromatic nitrogens is 1. The number of carbonyl (C=O) groups is 1. The minimum absolute atomic E-state index is 0.311. The summed E-state index contributed by atoms with van der Waals surface area (Å²) in [7, 11) is 0. The van der Waals surface area contributed by atoms with Gasteiger partial charge in [0.1, 0.15) is 0 Å². The highest BCUT2D eigenvalue weighted by molar-refractivity contribution is 6.44. The van der Waals surface area contributed by atoms with Gasteiger partial charge in [0.25, 0.3) is 5.91 Å². The van der Waals surface area contributed by atoms with Gasteiger partial charge in [0.15, 0.2) is 0 Å². The average molecular weight is 345 g/mol. The summed E-state index contributed by atoms with van der Waals surface area (Å²) in [6.45, 7) is 2.62. The fraction of sp³-hybridized carbons (Fsp3) is 0.143. The van der Waals surface area contributed by atoms with Crippen LogP contribution in [0.1, 0.15) is 17.3 Å². The van der Waals surface area contributed by atoms with E-state index in [1.165, 1.54) is 12.1 Å². The fourth-order valence-electron chi connectivity index (χ4n) is 1.73. The Labute approximate surface area is 137 Å². The molecule has 110 valence electrons. The van der Waals surface area contributed by atoms with Crippen LogP contribution in [-0.4, -0.2) is 17.4 Å². The molecule has 0 spiro atoms. The number of nitrogens with zero attached hydrogens (tertiary/aromatic N) is 1. The molecule has 0 aliphatic carbocycles. The predicted octanol–water partition coefficient (Wildman–Crippen LogP) is 4.73. The first-order chi connectivity index (χ1) is 10.0. The minimum Gasteiger partial charge on any atom is -0.383 e. The van der Waals surface area contributed by atoms with E-state index in [9.17, 15) is 4.79 Å². The molecular formula is C14H12Cl3N3O. The SMILES string of the molecule is CCNc1cnccc1C(=O)Nc1cc(Cl)c(Cl)cc1Cl. The number of halogens is 3. The summed E-state index contributed by atoms with van der Waals surface area (Å²) in [6.07, 6.45) is 3.14. The van der Waals surface area contributed by atoms with Crippen LogP contribution in [0.2, 0.25) is 15.1 Å². The minimum atomic E-state index is -0.311. The first-order valence-electron chi connectivity index (χ1n) is 6.16. The zero-order chi connectivity index (χ0) is 15.4. The van der Waals surface area contributed by atoms with Crippen molar-refractivity contribution in [2.45, 2.75) is 6.92 Å². The van der Waals surface area contributed by atoms with Gasteiger partial charge >= 0.3 is 0 Å². The molecule has 0 aliphatic heterocycles. The molecule has 21 heavy (non-hydrogen) atoms. The van der Waals surface area contributed by atoms with E-state index in [4.69, 9.17) is 34.8 Å². The second-order valence-corrected chi connectivity index (χ2v) is 5.37. The van der Waals surface area contributed by atoms with Crippen LogP contribution in [-0.2, 0) is 0 Å². The van der Waals surface area contributed by atoms with E-state index in [0.29, 0.717) is 38.6 Å². The van der Waals surface area contributed by atoms with Crippen molar-refractivity contribution in [3.05, 3.63) is 51.2 Å². The second-order valence-electron chi connectivity index (χ2n) is 4.15. The van der Waals surface area contributed by atoms with E-state index in [1.807, 2.05) is 6.92 Å². The standard InChI is InChI=1S/C14H12Cl3N3O/c1-2-19-13-7-18-4-3-8(13)14(21)20-12-6-10(16)9(15)5-11(12)17/h3-7,19H,2H2,1H3,(H,20,21). The van der Waals surface area contributed by atoms with Crippen LogP contribution < -0.4 is 10.6 Å². The van der Waals surface area contributed by atoms with Crippen LogP contribution in [0, 0.1) is 0 Å². The van der Waals surface area contributed by atoms with Gasteiger partial charge in [0.2, 0.25) is 0 Å². The van der Waals surface area contributed by atoms with Crippen molar-refractivity contribution in [3.8, 4) is 0 Å². The average Bonchev–Trinajstić information content (AvgIpc) is 2.45. The van der Waals surface area contributed by atoms with Crippen molar-refractivity contribution in [1.29, 1.82) is 0 Å². The van der Waals surface area contributed by atoms with Gasteiger partial charge in [0.05, 0.1) is 38.2 Å². The van der Waals surface area contributed by atoms with Gasteiger partial charge in [-0.05, 0) is 25.1 Å². The van der Waals surface area contributed by atoms with Crippen molar-refractivity contribution in [2.24, 2.45) is 0 Å².